The van der Waals surface area contributed by atoms with Gasteiger partial charge in [0.1, 0.15) is 0 Å². The number of aliphatic carboxylic acids is 1. The molecule has 1 fully saturated rings. The number of nitrogens with zero attached hydrogens (tertiary/aromatic N) is 1. The SMILES string of the molecule is O=C(N1CCC(CCF)(C(=O)O)CC1)C(F)(F)F. The standard InChI is InChI=1S/C10H13F4NO3/c11-4-1-9(8(17)18)2-5-15(6-3-9)7(16)10(12,13)14/h1-6H2,(H,17,18). The van der Waals surface area contributed by atoms with E-state index in [1.165, 1.54) is 0 Å². The van der Waals surface area contributed by atoms with Crippen LogP contribution in [0.1, 0.15) is 19.3 Å². The number of piperidine rings is 1. The van der Waals surface area contributed by atoms with Gasteiger partial charge in [-0.05, 0) is 19.3 Å². The number of likely N-dealkylation sites (tertiary alicyclic amines) is 1. The van der Waals surface area contributed by atoms with Gasteiger partial charge >= 0.3 is 18.1 Å². The van der Waals surface area contributed by atoms with E-state index in [9.17, 15) is 27.2 Å². The molecule has 1 aliphatic rings. The van der Waals surface area contributed by atoms with Gasteiger partial charge in [-0.3, -0.25) is 14.0 Å². The van der Waals surface area contributed by atoms with Crippen molar-refractivity contribution in [2.24, 2.45) is 5.41 Å². The van der Waals surface area contributed by atoms with Crippen molar-refractivity contribution in [2.45, 2.75) is 25.4 Å². The molecule has 0 unspecified atom stereocenters. The number of hydrogen-bond acceptors (Lipinski definition) is 2. The molecule has 8 heteroatoms. The van der Waals surface area contributed by atoms with E-state index in [0.717, 1.165) is 0 Å². The van der Waals surface area contributed by atoms with Crippen molar-refractivity contribution >= 4 is 11.9 Å². The van der Waals surface area contributed by atoms with Gasteiger partial charge in [0, 0.05) is 13.1 Å². The second-order valence-corrected chi connectivity index (χ2v) is 4.31. The van der Waals surface area contributed by atoms with Gasteiger partial charge in [0.25, 0.3) is 0 Å². The molecule has 0 aromatic heterocycles. The summed E-state index contributed by atoms with van der Waals surface area (Å²) in [7, 11) is 0. The highest BCUT2D eigenvalue weighted by molar-refractivity contribution is 5.82. The normalized spacial score (nSPS) is 19.7. The van der Waals surface area contributed by atoms with Crippen LogP contribution in [0, 0.1) is 5.41 Å². The lowest BCUT2D eigenvalue weighted by Gasteiger charge is -2.38. The van der Waals surface area contributed by atoms with Gasteiger partial charge in [0.05, 0.1) is 12.1 Å². The molecule has 0 aromatic rings. The first kappa shape index (κ1) is 14.7. The summed E-state index contributed by atoms with van der Waals surface area (Å²) < 4.78 is 48.8. The summed E-state index contributed by atoms with van der Waals surface area (Å²) in [5, 5.41) is 9.01. The zero-order chi connectivity index (χ0) is 14.0. The predicted octanol–water partition coefficient (Wildman–Crippen LogP) is 1.60. The fourth-order valence-corrected chi connectivity index (χ4v) is 2.07. The van der Waals surface area contributed by atoms with E-state index in [4.69, 9.17) is 5.11 Å². The minimum Gasteiger partial charge on any atom is -0.481 e. The van der Waals surface area contributed by atoms with Gasteiger partial charge in [0.15, 0.2) is 0 Å². The zero-order valence-corrected chi connectivity index (χ0v) is 9.47. The Hall–Kier alpha value is -1.34. The predicted molar refractivity (Wildman–Crippen MR) is 52.5 cm³/mol. The number of carboxylic acid groups (broad SMARTS) is 1. The Bertz CT molecular complexity index is 335. The maximum absolute atomic E-state index is 12.3. The number of alkyl halides is 4. The van der Waals surface area contributed by atoms with Crippen molar-refractivity contribution in [1.29, 1.82) is 0 Å². The summed E-state index contributed by atoms with van der Waals surface area (Å²) >= 11 is 0. The molecule has 1 rings (SSSR count). The van der Waals surface area contributed by atoms with Gasteiger partial charge in [-0.2, -0.15) is 13.2 Å². The van der Waals surface area contributed by atoms with E-state index in [1.54, 1.807) is 0 Å². The second-order valence-electron chi connectivity index (χ2n) is 4.31. The highest BCUT2D eigenvalue weighted by atomic mass is 19.4. The van der Waals surface area contributed by atoms with Crippen LogP contribution < -0.4 is 0 Å². The zero-order valence-electron chi connectivity index (χ0n) is 9.47. The van der Waals surface area contributed by atoms with E-state index in [1.807, 2.05) is 0 Å². The lowest BCUT2D eigenvalue weighted by Crippen LogP contribution is -2.50. The van der Waals surface area contributed by atoms with Crippen molar-refractivity contribution < 1.29 is 32.3 Å². The molecule has 0 radical (unpaired) electrons. The van der Waals surface area contributed by atoms with E-state index < -0.39 is 30.1 Å². The van der Waals surface area contributed by atoms with Crippen LogP contribution in [-0.2, 0) is 9.59 Å². The summed E-state index contributed by atoms with van der Waals surface area (Å²) in [4.78, 5) is 22.6. The molecule has 4 nitrogen and oxygen atoms in total. The van der Waals surface area contributed by atoms with E-state index >= 15 is 0 Å². The molecule has 0 atom stereocenters. The molecule has 0 bridgehead atoms. The summed E-state index contributed by atoms with van der Waals surface area (Å²) in [5.41, 5.74) is -1.35. The summed E-state index contributed by atoms with van der Waals surface area (Å²) in [5.74, 6) is -3.19. The smallest absolute Gasteiger partial charge is 0.471 e. The first-order chi connectivity index (χ1) is 8.23. The van der Waals surface area contributed by atoms with Crippen LogP contribution in [0.2, 0.25) is 0 Å². The minimum atomic E-state index is -4.96. The second kappa shape index (κ2) is 5.11. The monoisotopic (exact) mass is 271 g/mol. The fourth-order valence-electron chi connectivity index (χ4n) is 2.07. The Morgan fingerprint density at radius 2 is 1.72 bits per heavy atom. The Labute approximate surface area is 101 Å². The molecule has 1 heterocycles. The van der Waals surface area contributed by atoms with Crippen LogP contribution in [0.25, 0.3) is 0 Å². The molecule has 0 spiro atoms. The topological polar surface area (TPSA) is 57.6 Å². The molecule has 1 aliphatic heterocycles. The van der Waals surface area contributed by atoms with Crippen molar-refractivity contribution in [3.63, 3.8) is 0 Å². The summed E-state index contributed by atoms with van der Waals surface area (Å²) in [6.45, 7) is -1.48. The van der Waals surface area contributed by atoms with Crippen molar-refractivity contribution in [3.05, 3.63) is 0 Å². The number of rotatable bonds is 3. The van der Waals surface area contributed by atoms with Gasteiger partial charge in [0.2, 0.25) is 0 Å². The molecule has 0 aromatic carbocycles. The van der Waals surface area contributed by atoms with Gasteiger partial charge in [-0.25, -0.2) is 0 Å². The maximum atomic E-state index is 12.3. The van der Waals surface area contributed by atoms with Crippen LogP contribution in [0.15, 0.2) is 0 Å². The Morgan fingerprint density at radius 3 is 2.06 bits per heavy atom. The average molecular weight is 271 g/mol. The molecule has 0 aliphatic carbocycles. The maximum Gasteiger partial charge on any atom is 0.471 e. The number of carboxylic acids is 1. The highest BCUT2D eigenvalue weighted by Crippen LogP contribution is 2.36. The van der Waals surface area contributed by atoms with Gasteiger partial charge in [-0.1, -0.05) is 0 Å². The third kappa shape index (κ3) is 2.91. The molecular formula is C10H13F4NO3. The third-order valence-electron chi connectivity index (χ3n) is 3.28. The van der Waals surface area contributed by atoms with Crippen molar-refractivity contribution in [2.75, 3.05) is 19.8 Å². The number of hydrogen-bond donors (Lipinski definition) is 1. The Kier molecular flexibility index (Phi) is 4.18. The van der Waals surface area contributed by atoms with Gasteiger partial charge < -0.3 is 10.0 Å². The largest absolute Gasteiger partial charge is 0.481 e. The molecule has 104 valence electrons. The quantitative estimate of drug-likeness (QED) is 0.793. The average Bonchev–Trinajstić information content (AvgIpc) is 2.28. The van der Waals surface area contributed by atoms with Crippen LogP contribution in [0.5, 0.6) is 0 Å². The van der Waals surface area contributed by atoms with Gasteiger partial charge in [-0.15, -0.1) is 0 Å². The number of halogens is 4. The van der Waals surface area contributed by atoms with E-state index in [2.05, 4.69) is 0 Å². The summed E-state index contributed by atoms with van der Waals surface area (Å²) in [6.07, 6.45) is -5.51. The fraction of sp³-hybridized carbons (Fsp3) is 0.800. The van der Waals surface area contributed by atoms with Crippen molar-refractivity contribution in [1.82, 2.24) is 4.90 Å². The molecule has 1 amide bonds. The molecule has 18 heavy (non-hydrogen) atoms. The minimum absolute atomic E-state index is 0.159. The van der Waals surface area contributed by atoms with Crippen LogP contribution in [0.4, 0.5) is 17.6 Å². The first-order valence-corrected chi connectivity index (χ1v) is 5.38. The lowest BCUT2D eigenvalue weighted by atomic mass is 9.76. The number of carbonyl (C=O) groups excluding carboxylic acids is 1. The Morgan fingerprint density at radius 1 is 1.22 bits per heavy atom. The van der Waals surface area contributed by atoms with Crippen LogP contribution in [0.3, 0.4) is 0 Å². The number of carbonyl (C=O) groups is 2. The van der Waals surface area contributed by atoms with E-state index in [-0.39, 0.29) is 32.4 Å². The lowest BCUT2D eigenvalue weighted by molar-refractivity contribution is -0.188. The van der Waals surface area contributed by atoms with Crippen LogP contribution >= 0.6 is 0 Å². The van der Waals surface area contributed by atoms with Crippen LogP contribution in [-0.4, -0.2) is 47.8 Å². The highest BCUT2D eigenvalue weighted by Gasteiger charge is 2.47. The third-order valence-corrected chi connectivity index (χ3v) is 3.28. The Balaban J connectivity index is 2.70. The molecule has 1 saturated heterocycles. The first-order valence-electron chi connectivity index (χ1n) is 5.38. The van der Waals surface area contributed by atoms with Crippen molar-refractivity contribution in [3.8, 4) is 0 Å². The molecule has 1 N–H and O–H groups in total. The number of amides is 1. The van der Waals surface area contributed by atoms with E-state index in [0.29, 0.717) is 4.90 Å². The molecular weight excluding hydrogens is 258 g/mol. The molecule has 0 saturated carbocycles. The summed E-state index contributed by atoms with van der Waals surface area (Å²) in [6, 6.07) is 0.